The van der Waals surface area contributed by atoms with Crippen molar-refractivity contribution in [3.05, 3.63) is 65.7 Å². The third-order valence-corrected chi connectivity index (χ3v) is 2.91. The molecular weight excluding hydrogens is 260 g/mol. The van der Waals surface area contributed by atoms with Crippen LogP contribution in [-0.2, 0) is 6.54 Å². The summed E-state index contributed by atoms with van der Waals surface area (Å²) in [7, 11) is 0. The van der Waals surface area contributed by atoms with Gasteiger partial charge >= 0.3 is 0 Å². The molecule has 0 atom stereocenters. The van der Waals surface area contributed by atoms with Crippen molar-refractivity contribution >= 4 is 6.21 Å². The number of para-hydroxylation sites is 1. The Kier molecular flexibility index (Phi) is 5.83. The Morgan fingerprint density at radius 2 is 1.76 bits per heavy atom. The van der Waals surface area contributed by atoms with Crippen molar-refractivity contribution in [2.24, 2.45) is 11.0 Å². The second-order valence-corrected chi connectivity index (χ2v) is 5.32. The molecule has 3 nitrogen and oxygen atoms in total. The van der Waals surface area contributed by atoms with Crippen LogP contribution in [0.5, 0.6) is 5.75 Å². The van der Waals surface area contributed by atoms with Crippen LogP contribution in [0.3, 0.4) is 0 Å². The number of nitrogens with one attached hydrogen (secondary N) is 1. The van der Waals surface area contributed by atoms with Gasteiger partial charge in [0.05, 0.1) is 19.4 Å². The van der Waals surface area contributed by atoms with Gasteiger partial charge in [-0.2, -0.15) is 5.10 Å². The molecule has 2 rings (SSSR count). The molecule has 0 aliphatic carbocycles. The number of ether oxygens (including phenoxy) is 1. The third-order valence-electron chi connectivity index (χ3n) is 2.91. The average Bonchev–Trinajstić information content (AvgIpc) is 2.51. The van der Waals surface area contributed by atoms with E-state index in [1.54, 1.807) is 6.21 Å². The molecule has 2 aromatic carbocycles. The molecule has 0 aliphatic heterocycles. The van der Waals surface area contributed by atoms with Crippen LogP contribution in [0.25, 0.3) is 0 Å². The number of rotatable bonds is 7. The Morgan fingerprint density at radius 3 is 2.52 bits per heavy atom. The summed E-state index contributed by atoms with van der Waals surface area (Å²) in [5.74, 6) is 1.38. The van der Waals surface area contributed by atoms with Crippen LogP contribution in [0.2, 0.25) is 0 Å². The van der Waals surface area contributed by atoms with Crippen molar-refractivity contribution in [3.8, 4) is 5.75 Å². The molecule has 3 heteroatoms. The van der Waals surface area contributed by atoms with Crippen LogP contribution in [0.4, 0.5) is 0 Å². The van der Waals surface area contributed by atoms with Crippen LogP contribution in [-0.4, -0.2) is 12.8 Å². The average molecular weight is 282 g/mol. The van der Waals surface area contributed by atoms with Crippen LogP contribution >= 0.6 is 0 Å². The molecular formula is C18H22N2O. The van der Waals surface area contributed by atoms with Crippen LogP contribution < -0.4 is 10.2 Å². The molecule has 0 unspecified atom stereocenters. The second-order valence-electron chi connectivity index (χ2n) is 5.32. The largest absolute Gasteiger partial charge is 0.493 e. The van der Waals surface area contributed by atoms with E-state index in [1.807, 2.05) is 42.5 Å². The zero-order chi connectivity index (χ0) is 14.9. The lowest BCUT2D eigenvalue weighted by Gasteiger charge is -2.10. The maximum atomic E-state index is 5.79. The molecule has 0 amide bonds. The van der Waals surface area contributed by atoms with Crippen molar-refractivity contribution in [1.29, 1.82) is 0 Å². The lowest BCUT2D eigenvalue weighted by molar-refractivity contribution is 0.270. The van der Waals surface area contributed by atoms with Gasteiger partial charge in [0, 0.05) is 5.56 Å². The second kappa shape index (κ2) is 8.10. The Hall–Kier alpha value is -2.29. The highest BCUT2D eigenvalue weighted by molar-refractivity contribution is 5.83. The Labute approximate surface area is 126 Å². The molecule has 0 saturated carbocycles. The molecule has 1 N–H and O–H groups in total. The number of hydrazone groups is 1. The lowest BCUT2D eigenvalue weighted by Crippen LogP contribution is -2.07. The topological polar surface area (TPSA) is 33.6 Å². The molecule has 0 aliphatic rings. The first-order chi connectivity index (χ1) is 10.3. The van der Waals surface area contributed by atoms with Gasteiger partial charge in [0.1, 0.15) is 5.75 Å². The fraction of sp³-hybridized carbons (Fsp3) is 0.278. The van der Waals surface area contributed by atoms with Crippen molar-refractivity contribution in [3.63, 3.8) is 0 Å². The maximum absolute atomic E-state index is 5.79. The number of hydrogen-bond donors (Lipinski definition) is 1. The third kappa shape index (κ3) is 5.30. The van der Waals surface area contributed by atoms with Gasteiger partial charge in [-0.3, -0.25) is 0 Å². The zero-order valence-electron chi connectivity index (χ0n) is 12.6. The summed E-state index contributed by atoms with van der Waals surface area (Å²) in [5, 5.41) is 4.27. The molecule has 0 bridgehead atoms. The summed E-state index contributed by atoms with van der Waals surface area (Å²) >= 11 is 0. The molecule has 0 spiro atoms. The summed E-state index contributed by atoms with van der Waals surface area (Å²) in [6.07, 6.45) is 1.80. The van der Waals surface area contributed by atoms with E-state index in [-0.39, 0.29) is 0 Å². The molecule has 0 saturated heterocycles. The lowest BCUT2D eigenvalue weighted by atomic mass is 10.2. The van der Waals surface area contributed by atoms with Gasteiger partial charge in [-0.1, -0.05) is 56.3 Å². The van der Waals surface area contributed by atoms with Crippen molar-refractivity contribution in [1.82, 2.24) is 5.43 Å². The zero-order valence-corrected chi connectivity index (χ0v) is 12.6. The predicted molar refractivity (Wildman–Crippen MR) is 87.7 cm³/mol. The van der Waals surface area contributed by atoms with E-state index in [4.69, 9.17) is 4.74 Å². The minimum absolute atomic E-state index is 0.506. The number of hydrogen-bond acceptors (Lipinski definition) is 3. The first kappa shape index (κ1) is 15.1. The standard InChI is InChI=1S/C18H22N2O/c1-15(2)14-21-18-11-7-6-10-17(18)13-20-19-12-16-8-4-3-5-9-16/h3-11,13,15,19H,12,14H2,1-2H3. The van der Waals surface area contributed by atoms with Gasteiger partial charge in [-0.25, -0.2) is 0 Å². The van der Waals surface area contributed by atoms with Crippen molar-refractivity contribution in [2.45, 2.75) is 20.4 Å². The van der Waals surface area contributed by atoms with Crippen molar-refractivity contribution < 1.29 is 4.74 Å². The first-order valence-corrected chi connectivity index (χ1v) is 7.27. The van der Waals surface area contributed by atoms with E-state index in [9.17, 15) is 0 Å². The summed E-state index contributed by atoms with van der Waals surface area (Å²) < 4.78 is 5.79. The molecule has 21 heavy (non-hydrogen) atoms. The van der Waals surface area contributed by atoms with Crippen LogP contribution in [0, 0.1) is 5.92 Å². The van der Waals surface area contributed by atoms with E-state index >= 15 is 0 Å². The molecule has 0 aromatic heterocycles. The van der Waals surface area contributed by atoms with E-state index in [1.165, 1.54) is 5.56 Å². The smallest absolute Gasteiger partial charge is 0.128 e. The Bertz CT molecular complexity index is 564. The molecule has 0 radical (unpaired) electrons. The van der Waals surface area contributed by atoms with Gasteiger partial charge in [0.25, 0.3) is 0 Å². The Morgan fingerprint density at radius 1 is 1.05 bits per heavy atom. The van der Waals surface area contributed by atoms with Crippen LogP contribution in [0.1, 0.15) is 25.0 Å². The summed E-state index contributed by atoms with van der Waals surface area (Å²) in [6, 6.07) is 18.1. The number of benzene rings is 2. The molecule has 0 heterocycles. The summed E-state index contributed by atoms with van der Waals surface area (Å²) in [6.45, 7) is 5.70. The van der Waals surface area contributed by atoms with E-state index in [2.05, 4.69) is 36.5 Å². The predicted octanol–water partition coefficient (Wildman–Crippen LogP) is 3.85. The van der Waals surface area contributed by atoms with Gasteiger partial charge in [-0.05, 0) is 23.6 Å². The Balaban J connectivity index is 1.91. The van der Waals surface area contributed by atoms with Crippen LogP contribution in [0.15, 0.2) is 59.7 Å². The first-order valence-electron chi connectivity index (χ1n) is 7.27. The van der Waals surface area contributed by atoms with Crippen molar-refractivity contribution in [2.75, 3.05) is 6.61 Å². The molecule has 2 aromatic rings. The SMILES string of the molecule is CC(C)COc1ccccc1C=NNCc1ccccc1. The van der Waals surface area contributed by atoms with E-state index in [0.717, 1.165) is 11.3 Å². The highest BCUT2D eigenvalue weighted by atomic mass is 16.5. The number of nitrogens with zero attached hydrogens (tertiary/aromatic N) is 1. The highest BCUT2D eigenvalue weighted by Gasteiger charge is 2.01. The molecule has 0 fully saturated rings. The van der Waals surface area contributed by atoms with Gasteiger partial charge in [-0.15, -0.1) is 0 Å². The van der Waals surface area contributed by atoms with E-state index < -0.39 is 0 Å². The normalized spacial score (nSPS) is 11.0. The monoisotopic (exact) mass is 282 g/mol. The maximum Gasteiger partial charge on any atom is 0.128 e. The minimum atomic E-state index is 0.506. The van der Waals surface area contributed by atoms with Gasteiger partial charge in [0.15, 0.2) is 0 Å². The quantitative estimate of drug-likeness (QED) is 0.618. The fourth-order valence-corrected chi connectivity index (χ4v) is 1.82. The highest BCUT2D eigenvalue weighted by Crippen LogP contribution is 2.16. The fourth-order valence-electron chi connectivity index (χ4n) is 1.82. The minimum Gasteiger partial charge on any atom is -0.493 e. The van der Waals surface area contributed by atoms with E-state index in [0.29, 0.717) is 19.1 Å². The summed E-state index contributed by atoms with van der Waals surface area (Å²) in [5.41, 5.74) is 5.25. The van der Waals surface area contributed by atoms with Gasteiger partial charge < -0.3 is 10.2 Å². The molecule has 110 valence electrons. The summed E-state index contributed by atoms with van der Waals surface area (Å²) in [4.78, 5) is 0. The van der Waals surface area contributed by atoms with Gasteiger partial charge in [0.2, 0.25) is 0 Å².